The third kappa shape index (κ3) is 3.71. The highest BCUT2D eigenvalue weighted by atomic mass is 32.2. The first-order chi connectivity index (χ1) is 9.32. The molecule has 1 fully saturated rings. The molecule has 0 radical (unpaired) electrons. The maximum Gasteiger partial charge on any atom is 0.240 e. The molecule has 1 atom stereocenters. The zero-order chi connectivity index (χ0) is 14.8. The van der Waals surface area contributed by atoms with Crippen molar-refractivity contribution in [3.63, 3.8) is 0 Å². The molecule has 1 heterocycles. The summed E-state index contributed by atoms with van der Waals surface area (Å²) in [6.07, 6.45) is 1.04. The lowest BCUT2D eigenvalue weighted by Gasteiger charge is -2.22. The predicted molar refractivity (Wildman–Crippen MR) is 78.0 cm³/mol. The van der Waals surface area contributed by atoms with Crippen LogP contribution >= 0.6 is 0 Å². The van der Waals surface area contributed by atoms with Gasteiger partial charge < -0.3 is 5.32 Å². The van der Waals surface area contributed by atoms with Crippen LogP contribution in [0.5, 0.6) is 0 Å². The fourth-order valence-corrected chi connectivity index (χ4v) is 5.22. The van der Waals surface area contributed by atoms with E-state index in [2.05, 4.69) is 10.0 Å². The summed E-state index contributed by atoms with van der Waals surface area (Å²) in [6, 6.07) is 5.76. The van der Waals surface area contributed by atoms with Crippen LogP contribution in [0.4, 0.5) is 5.69 Å². The quantitative estimate of drug-likeness (QED) is 0.847. The molecule has 112 valence electrons. The average molecular weight is 318 g/mol. The lowest BCUT2D eigenvalue weighted by Crippen LogP contribution is -2.43. The van der Waals surface area contributed by atoms with E-state index in [9.17, 15) is 16.8 Å². The van der Waals surface area contributed by atoms with Gasteiger partial charge in [-0.05, 0) is 37.1 Å². The molecule has 0 spiro atoms. The lowest BCUT2D eigenvalue weighted by atomic mass is 10.2. The van der Waals surface area contributed by atoms with Crippen LogP contribution in [0.2, 0.25) is 0 Å². The Morgan fingerprint density at radius 3 is 2.40 bits per heavy atom. The Morgan fingerprint density at radius 2 is 1.85 bits per heavy atom. The smallest absolute Gasteiger partial charge is 0.240 e. The van der Waals surface area contributed by atoms with Crippen LogP contribution in [-0.2, 0) is 19.9 Å². The van der Waals surface area contributed by atoms with E-state index in [1.54, 1.807) is 19.2 Å². The summed E-state index contributed by atoms with van der Waals surface area (Å²) in [5.74, 6) is 0.0168. The molecule has 0 bridgehead atoms. The van der Waals surface area contributed by atoms with E-state index in [1.807, 2.05) is 0 Å². The number of hydrogen-bond acceptors (Lipinski definition) is 5. The third-order valence-corrected chi connectivity index (χ3v) is 6.60. The van der Waals surface area contributed by atoms with E-state index in [-0.39, 0.29) is 16.4 Å². The second-order valence-corrected chi connectivity index (χ2v) is 8.79. The first kappa shape index (κ1) is 15.3. The van der Waals surface area contributed by atoms with Gasteiger partial charge in [-0.25, -0.2) is 21.6 Å². The van der Waals surface area contributed by atoms with Crippen LogP contribution < -0.4 is 10.0 Å². The molecule has 0 aliphatic carbocycles. The lowest BCUT2D eigenvalue weighted by molar-refractivity contribution is 0.517. The summed E-state index contributed by atoms with van der Waals surface area (Å²) in [4.78, 5) is 0.138. The fraction of sp³-hybridized carbons (Fsp3) is 0.500. The highest BCUT2D eigenvalue weighted by Gasteiger charge is 2.28. The van der Waals surface area contributed by atoms with Crippen molar-refractivity contribution in [2.75, 3.05) is 23.9 Å². The molecule has 1 aromatic rings. The molecule has 0 amide bonds. The van der Waals surface area contributed by atoms with E-state index in [1.165, 1.54) is 12.1 Å². The van der Waals surface area contributed by atoms with Crippen LogP contribution in [0.3, 0.4) is 0 Å². The van der Waals surface area contributed by atoms with Gasteiger partial charge in [-0.3, -0.25) is 0 Å². The van der Waals surface area contributed by atoms with E-state index >= 15 is 0 Å². The maximum atomic E-state index is 12.2. The van der Waals surface area contributed by atoms with Crippen molar-refractivity contribution >= 4 is 25.5 Å². The van der Waals surface area contributed by atoms with Crippen LogP contribution in [0.15, 0.2) is 29.2 Å². The number of nitrogens with one attached hydrogen (secondary N) is 2. The van der Waals surface area contributed by atoms with Crippen LogP contribution in [-0.4, -0.2) is 41.4 Å². The van der Waals surface area contributed by atoms with E-state index in [4.69, 9.17) is 0 Å². The Balaban J connectivity index is 2.14. The Kier molecular flexibility index (Phi) is 4.36. The third-order valence-electron chi connectivity index (χ3n) is 3.24. The molecular weight excluding hydrogens is 300 g/mol. The summed E-state index contributed by atoms with van der Waals surface area (Å²) in [6.45, 7) is 0. The number of sulfone groups is 1. The highest BCUT2D eigenvalue weighted by molar-refractivity contribution is 7.91. The monoisotopic (exact) mass is 318 g/mol. The van der Waals surface area contributed by atoms with Crippen molar-refractivity contribution in [1.29, 1.82) is 0 Å². The van der Waals surface area contributed by atoms with E-state index < -0.39 is 25.9 Å². The zero-order valence-electron chi connectivity index (χ0n) is 11.2. The summed E-state index contributed by atoms with van der Waals surface area (Å²) in [7, 11) is -5.07. The van der Waals surface area contributed by atoms with Crippen molar-refractivity contribution in [2.45, 2.75) is 23.8 Å². The molecule has 0 aromatic heterocycles. The van der Waals surface area contributed by atoms with Gasteiger partial charge in [0.05, 0.1) is 16.4 Å². The minimum absolute atomic E-state index is 0.124. The molecule has 1 aliphatic heterocycles. The maximum absolute atomic E-state index is 12.2. The van der Waals surface area contributed by atoms with Gasteiger partial charge in [0.2, 0.25) is 10.0 Å². The standard InChI is InChI=1S/C12H18N2O4S2/c1-13-10-4-6-12(7-5-10)20(17,18)14-11-3-2-8-19(15,16)9-11/h4-7,11,13-14H,2-3,8-9H2,1H3. The van der Waals surface area contributed by atoms with Gasteiger partial charge >= 0.3 is 0 Å². The van der Waals surface area contributed by atoms with E-state index in [0.717, 1.165) is 5.69 Å². The Labute approximate surface area is 119 Å². The van der Waals surface area contributed by atoms with Gasteiger partial charge in [0.25, 0.3) is 0 Å². The molecular formula is C12H18N2O4S2. The van der Waals surface area contributed by atoms with Crippen molar-refractivity contribution in [3.05, 3.63) is 24.3 Å². The summed E-state index contributed by atoms with van der Waals surface area (Å²) in [5, 5.41) is 2.90. The highest BCUT2D eigenvalue weighted by Crippen LogP contribution is 2.17. The number of rotatable bonds is 4. The normalized spacial score (nSPS) is 22.4. The van der Waals surface area contributed by atoms with Gasteiger partial charge in [-0.2, -0.15) is 0 Å². The molecule has 0 saturated carbocycles. The summed E-state index contributed by atoms with van der Waals surface area (Å²) in [5.41, 5.74) is 0.809. The van der Waals surface area contributed by atoms with Crippen molar-refractivity contribution < 1.29 is 16.8 Å². The first-order valence-corrected chi connectivity index (χ1v) is 9.63. The second-order valence-electron chi connectivity index (χ2n) is 4.85. The van der Waals surface area contributed by atoms with Gasteiger partial charge in [-0.1, -0.05) is 0 Å². The van der Waals surface area contributed by atoms with Crippen molar-refractivity contribution in [1.82, 2.24) is 4.72 Å². The predicted octanol–water partition coefficient (Wildman–Crippen LogP) is 0.584. The molecule has 6 nitrogen and oxygen atoms in total. The first-order valence-electron chi connectivity index (χ1n) is 6.33. The van der Waals surface area contributed by atoms with Crippen molar-refractivity contribution in [2.24, 2.45) is 0 Å². The summed E-state index contributed by atoms with van der Waals surface area (Å²) < 4.78 is 49.9. The van der Waals surface area contributed by atoms with Crippen LogP contribution in [0.1, 0.15) is 12.8 Å². The Hall–Kier alpha value is -1.12. The SMILES string of the molecule is CNc1ccc(S(=O)(=O)NC2CCCS(=O)(=O)C2)cc1. The molecule has 1 unspecified atom stereocenters. The molecule has 1 saturated heterocycles. The fourth-order valence-electron chi connectivity index (χ4n) is 2.20. The zero-order valence-corrected chi connectivity index (χ0v) is 12.8. The molecule has 20 heavy (non-hydrogen) atoms. The molecule has 1 aromatic carbocycles. The summed E-state index contributed by atoms with van der Waals surface area (Å²) >= 11 is 0. The molecule has 8 heteroatoms. The number of hydrogen-bond donors (Lipinski definition) is 2. The molecule has 2 rings (SSSR count). The molecule has 1 aliphatic rings. The van der Waals surface area contributed by atoms with Crippen LogP contribution in [0.25, 0.3) is 0 Å². The van der Waals surface area contributed by atoms with Crippen LogP contribution in [0, 0.1) is 0 Å². The number of anilines is 1. The Bertz CT molecular complexity index is 666. The van der Waals surface area contributed by atoms with Gasteiger partial charge in [0, 0.05) is 18.8 Å². The van der Waals surface area contributed by atoms with Gasteiger partial charge in [0.15, 0.2) is 9.84 Å². The second kappa shape index (κ2) is 5.71. The van der Waals surface area contributed by atoms with Crippen molar-refractivity contribution in [3.8, 4) is 0 Å². The average Bonchev–Trinajstić information content (AvgIpc) is 2.37. The number of benzene rings is 1. The molecule has 2 N–H and O–H groups in total. The Morgan fingerprint density at radius 1 is 1.20 bits per heavy atom. The minimum atomic E-state index is -3.68. The topological polar surface area (TPSA) is 92.3 Å². The van der Waals surface area contributed by atoms with Gasteiger partial charge in [-0.15, -0.1) is 0 Å². The van der Waals surface area contributed by atoms with E-state index in [0.29, 0.717) is 12.8 Å². The van der Waals surface area contributed by atoms with Gasteiger partial charge in [0.1, 0.15) is 0 Å². The minimum Gasteiger partial charge on any atom is -0.388 e. The largest absolute Gasteiger partial charge is 0.388 e. The number of sulfonamides is 1.